The highest BCUT2D eigenvalue weighted by Gasteiger charge is 2.29. The fourth-order valence-corrected chi connectivity index (χ4v) is 2.84. The first-order valence-corrected chi connectivity index (χ1v) is 7.22. The standard InChI is InChI=1S/C15H20N2OS/c16-15(19)13-9-5-11-17(13)14(18)10-4-8-12-6-2-1-3-7-12/h1-3,6-7,13H,4-5,8-11H2,(H2,16,19). The molecule has 0 aliphatic carbocycles. The molecule has 4 heteroatoms. The van der Waals surface area contributed by atoms with Gasteiger partial charge in [-0.15, -0.1) is 0 Å². The number of benzene rings is 1. The van der Waals surface area contributed by atoms with Crippen LogP contribution < -0.4 is 5.73 Å². The van der Waals surface area contributed by atoms with Crippen LogP contribution in [0.5, 0.6) is 0 Å². The third-order valence-electron chi connectivity index (χ3n) is 3.60. The first kappa shape index (κ1) is 14.0. The molecular weight excluding hydrogens is 256 g/mol. The van der Waals surface area contributed by atoms with Crippen molar-refractivity contribution in [2.75, 3.05) is 6.54 Å². The van der Waals surface area contributed by atoms with E-state index in [1.807, 2.05) is 23.1 Å². The monoisotopic (exact) mass is 276 g/mol. The van der Waals surface area contributed by atoms with Crippen LogP contribution in [-0.4, -0.2) is 28.4 Å². The van der Waals surface area contributed by atoms with E-state index in [-0.39, 0.29) is 11.9 Å². The lowest BCUT2D eigenvalue weighted by Gasteiger charge is -2.23. The molecule has 0 spiro atoms. The summed E-state index contributed by atoms with van der Waals surface area (Å²) in [5.41, 5.74) is 6.96. The van der Waals surface area contributed by atoms with Gasteiger partial charge in [-0.2, -0.15) is 0 Å². The van der Waals surface area contributed by atoms with E-state index in [2.05, 4.69) is 12.1 Å². The van der Waals surface area contributed by atoms with Gasteiger partial charge in [-0.1, -0.05) is 42.5 Å². The predicted molar refractivity (Wildman–Crippen MR) is 80.9 cm³/mol. The van der Waals surface area contributed by atoms with Crippen LogP contribution in [0, 0.1) is 0 Å². The smallest absolute Gasteiger partial charge is 0.223 e. The van der Waals surface area contributed by atoms with Crippen molar-refractivity contribution in [3.8, 4) is 0 Å². The molecule has 1 aliphatic rings. The highest BCUT2D eigenvalue weighted by Crippen LogP contribution is 2.19. The van der Waals surface area contributed by atoms with Crippen LogP contribution in [0.2, 0.25) is 0 Å². The number of nitrogens with two attached hydrogens (primary N) is 1. The van der Waals surface area contributed by atoms with Crippen LogP contribution in [0.1, 0.15) is 31.2 Å². The third kappa shape index (κ3) is 3.77. The van der Waals surface area contributed by atoms with Gasteiger partial charge in [0, 0.05) is 13.0 Å². The largest absolute Gasteiger partial charge is 0.392 e. The number of likely N-dealkylation sites (tertiary alicyclic amines) is 1. The van der Waals surface area contributed by atoms with Crippen molar-refractivity contribution in [2.45, 2.75) is 38.1 Å². The summed E-state index contributed by atoms with van der Waals surface area (Å²) < 4.78 is 0. The maximum absolute atomic E-state index is 12.2. The number of carbonyl (C=O) groups excluding carboxylic acids is 1. The normalized spacial score (nSPS) is 18.5. The minimum Gasteiger partial charge on any atom is -0.392 e. The molecule has 2 rings (SSSR count). The number of rotatable bonds is 5. The molecule has 1 unspecified atom stereocenters. The maximum Gasteiger partial charge on any atom is 0.223 e. The Morgan fingerprint density at radius 2 is 2.11 bits per heavy atom. The zero-order chi connectivity index (χ0) is 13.7. The van der Waals surface area contributed by atoms with E-state index in [4.69, 9.17) is 18.0 Å². The van der Waals surface area contributed by atoms with Gasteiger partial charge in [-0.3, -0.25) is 4.79 Å². The topological polar surface area (TPSA) is 46.3 Å². The molecule has 0 radical (unpaired) electrons. The Kier molecular flexibility index (Phi) is 4.91. The number of thiocarbonyl (C=S) groups is 1. The number of amides is 1. The Morgan fingerprint density at radius 1 is 1.37 bits per heavy atom. The van der Waals surface area contributed by atoms with E-state index < -0.39 is 0 Å². The summed E-state index contributed by atoms with van der Waals surface area (Å²) in [6.45, 7) is 0.798. The molecule has 2 N–H and O–H groups in total. The van der Waals surface area contributed by atoms with Crippen LogP contribution in [-0.2, 0) is 11.2 Å². The van der Waals surface area contributed by atoms with Crippen molar-refractivity contribution in [1.29, 1.82) is 0 Å². The third-order valence-corrected chi connectivity index (χ3v) is 3.87. The van der Waals surface area contributed by atoms with Crippen LogP contribution in [0.15, 0.2) is 30.3 Å². The number of hydrogen-bond donors (Lipinski definition) is 1. The second kappa shape index (κ2) is 6.66. The zero-order valence-corrected chi connectivity index (χ0v) is 11.9. The second-order valence-electron chi connectivity index (χ2n) is 4.99. The number of nitrogens with zero attached hydrogens (tertiary/aromatic N) is 1. The Labute approximate surface area is 119 Å². The minimum atomic E-state index is -0.0146. The lowest BCUT2D eigenvalue weighted by atomic mass is 10.1. The fraction of sp³-hybridized carbons (Fsp3) is 0.467. The molecule has 1 aromatic rings. The van der Waals surface area contributed by atoms with Crippen molar-refractivity contribution in [3.63, 3.8) is 0 Å². The molecule has 0 saturated carbocycles. The van der Waals surface area contributed by atoms with Gasteiger partial charge in [0.05, 0.1) is 11.0 Å². The van der Waals surface area contributed by atoms with Gasteiger partial charge < -0.3 is 10.6 Å². The summed E-state index contributed by atoms with van der Waals surface area (Å²) in [5, 5.41) is 0. The molecule has 0 aromatic heterocycles. The molecule has 102 valence electrons. The highest BCUT2D eigenvalue weighted by atomic mass is 32.1. The van der Waals surface area contributed by atoms with Gasteiger partial charge >= 0.3 is 0 Å². The Bertz CT molecular complexity index is 447. The van der Waals surface area contributed by atoms with Crippen LogP contribution in [0.25, 0.3) is 0 Å². The van der Waals surface area contributed by atoms with Crippen molar-refractivity contribution in [3.05, 3.63) is 35.9 Å². The molecule has 3 nitrogen and oxygen atoms in total. The van der Waals surface area contributed by atoms with E-state index >= 15 is 0 Å². The summed E-state index contributed by atoms with van der Waals surface area (Å²) in [5.74, 6) is 0.186. The lowest BCUT2D eigenvalue weighted by Crippen LogP contribution is -2.42. The molecule has 1 saturated heterocycles. The number of carbonyl (C=O) groups is 1. The molecule has 1 heterocycles. The summed E-state index contributed by atoms with van der Waals surface area (Å²) in [4.78, 5) is 14.5. The van der Waals surface area contributed by atoms with Crippen LogP contribution >= 0.6 is 12.2 Å². The average molecular weight is 276 g/mol. The van der Waals surface area contributed by atoms with Crippen LogP contribution in [0.4, 0.5) is 0 Å². The van der Waals surface area contributed by atoms with Crippen molar-refractivity contribution in [2.24, 2.45) is 5.73 Å². The van der Waals surface area contributed by atoms with Crippen molar-refractivity contribution >= 4 is 23.1 Å². The van der Waals surface area contributed by atoms with Crippen molar-refractivity contribution in [1.82, 2.24) is 4.90 Å². The molecule has 19 heavy (non-hydrogen) atoms. The van der Waals surface area contributed by atoms with E-state index in [0.29, 0.717) is 11.4 Å². The molecular formula is C15H20N2OS. The fourth-order valence-electron chi connectivity index (χ4n) is 2.59. The van der Waals surface area contributed by atoms with E-state index in [0.717, 1.165) is 32.2 Å². The number of hydrogen-bond acceptors (Lipinski definition) is 2. The maximum atomic E-state index is 12.2. The minimum absolute atomic E-state index is 0.0146. The van der Waals surface area contributed by atoms with E-state index in [1.165, 1.54) is 5.56 Å². The lowest BCUT2D eigenvalue weighted by molar-refractivity contribution is -0.131. The van der Waals surface area contributed by atoms with Gasteiger partial charge in [-0.25, -0.2) is 0 Å². The zero-order valence-electron chi connectivity index (χ0n) is 11.0. The molecule has 1 fully saturated rings. The summed E-state index contributed by atoms with van der Waals surface area (Å²) in [7, 11) is 0. The van der Waals surface area contributed by atoms with E-state index in [1.54, 1.807) is 0 Å². The van der Waals surface area contributed by atoms with Gasteiger partial charge in [0.1, 0.15) is 0 Å². The van der Waals surface area contributed by atoms with Gasteiger partial charge in [0.2, 0.25) is 5.91 Å². The van der Waals surface area contributed by atoms with Gasteiger partial charge in [0.15, 0.2) is 0 Å². The molecule has 1 atom stereocenters. The first-order valence-electron chi connectivity index (χ1n) is 6.81. The first-order chi connectivity index (χ1) is 9.18. The Balaban J connectivity index is 1.80. The van der Waals surface area contributed by atoms with Gasteiger partial charge in [0.25, 0.3) is 0 Å². The molecule has 1 aromatic carbocycles. The highest BCUT2D eigenvalue weighted by molar-refractivity contribution is 7.80. The summed E-state index contributed by atoms with van der Waals surface area (Å²) in [6.07, 6.45) is 4.32. The predicted octanol–water partition coefficient (Wildman–Crippen LogP) is 2.29. The van der Waals surface area contributed by atoms with Gasteiger partial charge in [-0.05, 0) is 31.2 Å². The second-order valence-corrected chi connectivity index (χ2v) is 5.46. The molecule has 1 amide bonds. The number of aryl methyl sites for hydroxylation is 1. The van der Waals surface area contributed by atoms with Crippen molar-refractivity contribution < 1.29 is 4.79 Å². The Hall–Kier alpha value is -1.42. The molecule has 0 bridgehead atoms. The summed E-state index contributed by atoms with van der Waals surface area (Å²) >= 11 is 5.02. The quantitative estimate of drug-likeness (QED) is 0.839. The summed E-state index contributed by atoms with van der Waals surface area (Å²) in [6, 6.07) is 10.2. The average Bonchev–Trinajstić information content (AvgIpc) is 2.89. The van der Waals surface area contributed by atoms with E-state index in [9.17, 15) is 4.79 Å². The van der Waals surface area contributed by atoms with Crippen LogP contribution in [0.3, 0.4) is 0 Å². The SMILES string of the molecule is NC(=S)C1CCCN1C(=O)CCCc1ccccc1. The molecule has 1 aliphatic heterocycles. The Morgan fingerprint density at radius 3 is 2.79 bits per heavy atom.